The first-order valence-electron chi connectivity index (χ1n) is 7.19. The Morgan fingerprint density at radius 1 is 1.32 bits per heavy atom. The van der Waals surface area contributed by atoms with Crippen molar-refractivity contribution in [2.75, 3.05) is 7.05 Å². The summed E-state index contributed by atoms with van der Waals surface area (Å²) in [5.41, 5.74) is 3.70. The largest absolute Gasteiger partial charge is 0.299 e. The number of rotatable bonds is 4. The van der Waals surface area contributed by atoms with Crippen molar-refractivity contribution in [2.24, 2.45) is 5.92 Å². The number of pyridine rings is 1. The predicted molar refractivity (Wildman–Crippen MR) is 80.1 cm³/mol. The minimum atomic E-state index is 0.688. The van der Waals surface area contributed by atoms with Gasteiger partial charge in [0.1, 0.15) is 0 Å². The molecule has 19 heavy (non-hydrogen) atoms. The average molecular weight is 254 g/mol. The van der Waals surface area contributed by atoms with E-state index in [1.165, 1.54) is 29.4 Å². The summed E-state index contributed by atoms with van der Waals surface area (Å²) in [4.78, 5) is 7.02. The van der Waals surface area contributed by atoms with Gasteiger partial charge in [0.05, 0.1) is 5.52 Å². The topological polar surface area (TPSA) is 16.1 Å². The third kappa shape index (κ3) is 2.79. The second-order valence-corrected chi connectivity index (χ2v) is 6.03. The standard InChI is InChI=1S/C17H22N2/c1-12-4-7-17-16(8-12)9-14(10-18-17)11-19(3)13(2)15-5-6-15/h4,7-10,13,15H,5-6,11H2,1-3H3. The molecule has 0 radical (unpaired) electrons. The summed E-state index contributed by atoms with van der Waals surface area (Å²) in [6, 6.07) is 9.41. The number of hydrogen-bond acceptors (Lipinski definition) is 2. The monoisotopic (exact) mass is 254 g/mol. The molecule has 3 rings (SSSR count). The van der Waals surface area contributed by atoms with Gasteiger partial charge in [-0.05, 0) is 63.4 Å². The average Bonchev–Trinajstić information content (AvgIpc) is 3.21. The molecule has 0 spiro atoms. The normalized spacial score (nSPS) is 17.1. The molecule has 2 aromatic rings. The summed E-state index contributed by atoms with van der Waals surface area (Å²) in [7, 11) is 2.23. The number of benzene rings is 1. The summed E-state index contributed by atoms with van der Waals surface area (Å²) in [5, 5.41) is 1.25. The van der Waals surface area contributed by atoms with Gasteiger partial charge in [-0.1, -0.05) is 11.6 Å². The lowest BCUT2D eigenvalue weighted by Crippen LogP contribution is -2.30. The van der Waals surface area contributed by atoms with E-state index in [-0.39, 0.29) is 0 Å². The summed E-state index contributed by atoms with van der Waals surface area (Å²) < 4.78 is 0. The van der Waals surface area contributed by atoms with Gasteiger partial charge in [0.25, 0.3) is 0 Å². The van der Waals surface area contributed by atoms with Crippen LogP contribution in [-0.2, 0) is 6.54 Å². The van der Waals surface area contributed by atoms with E-state index in [2.05, 4.69) is 55.0 Å². The van der Waals surface area contributed by atoms with Gasteiger partial charge in [-0.2, -0.15) is 0 Å². The van der Waals surface area contributed by atoms with Crippen molar-refractivity contribution in [1.82, 2.24) is 9.88 Å². The van der Waals surface area contributed by atoms with Gasteiger partial charge in [0.15, 0.2) is 0 Å². The Hall–Kier alpha value is -1.41. The molecule has 1 unspecified atom stereocenters. The van der Waals surface area contributed by atoms with E-state index < -0.39 is 0 Å². The van der Waals surface area contributed by atoms with Crippen LogP contribution < -0.4 is 0 Å². The zero-order chi connectivity index (χ0) is 13.4. The van der Waals surface area contributed by atoms with Crippen LogP contribution in [0.5, 0.6) is 0 Å². The molecule has 1 saturated carbocycles. The Kier molecular flexibility index (Phi) is 3.28. The predicted octanol–water partition coefficient (Wildman–Crippen LogP) is 3.77. The van der Waals surface area contributed by atoms with Gasteiger partial charge in [-0.25, -0.2) is 0 Å². The van der Waals surface area contributed by atoms with Crippen molar-refractivity contribution >= 4 is 10.9 Å². The SMILES string of the molecule is Cc1ccc2ncc(CN(C)C(C)C3CC3)cc2c1. The van der Waals surface area contributed by atoms with E-state index in [9.17, 15) is 0 Å². The molecule has 1 aliphatic rings. The zero-order valence-electron chi connectivity index (χ0n) is 12.1. The summed E-state index contributed by atoms with van der Waals surface area (Å²) in [6.07, 6.45) is 4.83. The summed E-state index contributed by atoms with van der Waals surface area (Å²) in [6.45, 7) is 5.47. The van der Waals surface area contributed by atoms with Crippen LogP contribution in [0.25, 0.3) is 10.9 Å². The highest BCUT2D eigenvalue weighted by Crippen LogP contribution is 2.35. The lowest BCUT2D eigenvalue weighted by Gasteiger charge is -2.24. The first-order valence-corrected chi connectivity index (χ1v) is 7.19. The van der Waals surface area contributed by atoms with Crippen LogP contribution in [0.15, 0.2) is 30.5 Å². The number of fused-ring (bicyclic) bond motifs is 1. The van der Waals surface area contributed by atoms with Gasteiger partial charge in [-0.3, -0.25) is 9.88 Å². The second kappa shape index (κ2) is 4.93. The molecular weight excluding hydrogens is 232 g/mol. The van der Waals surface area contributed by atoms with E-state index >= 15 is 0 Å². The van der Waals surface area contributed by atoms with Crippen molar-refractivity contribution in [1.29, 1.82) is 0 Å². The fourth-order valence-electron chi connectivity index (χ4n) is 2.75. The molecule has 1 aliphatic carbocycles. The van der Waals surface area contributed by atoms with Crippen LogP contribution in [0.2, 0.25) is 0 Å². The highest BCUT2D eigenvalue weighted by Gasteiger charge is 2.30. The first-order chi connectivity index (χ1) is 9.13. The molecule has 0 aliphatic heterocycles. The smallest absolute Gasteiger partial charge is 0.0702 e. The molecule has 1 aromatic heterocycles. The summed E-state index contributed by atoms with van der Waals surface area (Å²) in [5.74, 6) is 0.917. The lowest BCUT2D eigenvalue weighted by atomic mass is 10.1. The maximum absolute atomic E-state index is 4.57. The van der Waals surface area contributed by atoms with E-state index in [0.717, 1.165) is 18.0 Å². The van der Waals surface area contributed by atoms with Crippen LogP contribution in [-0.4, -0.2) is 23.0 Å². The molecule has 0 bridgehead atoms. The van der Waals surface area contributed by atoms with Gasteiger partial charge in [0, 0.05) is 24.2 Å². The van der Waals surface area contributed by atoms with Gasteiger partial charge < -0.3 is 0 Å². The van der Waals surface area contributed by atoms with Crippen LogP contribution in [0.1, 0.15) is 30.9 Å². The Morgan fingerprint density at radius 2 is 2.11 bits per heavy atom. The third-order valence-corrected chi connectivity index (χ3v) is 4.32. The maximum atomic E-state index is 4.57. The molecule has 1 fully saturated rings. The van der Waals surface area contributed by atoms with Gasteiger partial charge in [-0.15, -0.1) is 0 Å². The van der Waals surface area contributed by atoms with Crippen LogP contribution >= 0.6 is 0 Å². The molecule has 1 heterocycles. The maximum Gasteiger partial charge on any atom is 0.0702 e. The fourth-order valence-corrected chi connectivity index (χ4v) is 2.75. The van der Waals surface area contributed by atoms with Crippen LogP contribution in [0.4, 0.5) is 0 Å². The van der Waals surface area contributed by atoms with Crippen molar-refractivity contribution in [2.45, 2.75) is 39.3 Å². The van der Waals surface area contributed by atoms with Gasteiger partial charge >= 0.3 is 0 Å². The number of aryl methyl sites for hydroxylation is 1. The van der Waals surface area contributed by atoms with E-state index in [1.807, 2.05) is 6.20 Å². The molecule has 2 nitrogen and oxygen atoms in total. The molecule has 2 heteroatoms. The number of aromatic nitrogens is 1. The number of hydrogen-bond donors (Lipinski definition) is 0. The summed E-state index contributed by atoms with van der Waals surface area (Å²) >= 11 is 0. The fraction of sp³-hybridized carbons (Fsp3) is 0.471. The molecule has 100 valence electrons. The first kappa shape index (κ1) is 12.6. The van der Waals surface area contributed by atoms with Gasteiger partial charge in [0.2, 0.25) is 0 Å². The van der Waals surface area contributed by atoms with E-state index in [1.54, 1.807) is 0 Å². The highest BCUT2D eigenvalue weighted by atomic mass is 15.1. The Morgan fingerprint density at radius 3 is 2.84 bits per heavy atom. The number of nitrogens with zero attached hydrogens (tertiary/aromatic N) is 2. The third-order valence-electron chi connectivity index (χ3n) is 4.32. The molecule has 0 amide bonds. The van der Waals surface area contributed by atoms with Crippen LogP contribution in [0.3, 0.4) is 0 Å². The van der Waals surface area contributed by atoms with E-state index in [4.69, 9.17) is 0 Å². The quantitative estimate of drug-likeness (QED) is 0.825. The minimum Gasteiger partial charge on any atom is -0.299 e. The molecule has 0 saturated heterocycles. The lowest BCUT2D eigenvalue weighted by molar-refractivity contribution is 0.226. The zero-order valence-corrected chi connectivity index (χ0v) is 12.1. The minimum absolute atomic E-state index is 0.688. The second-order valence-electron chi connectivity index (χ2n) is 6.03. The van der Waals surface area contributed by atoms with Crippen molar-refractivity contribution < 1.29 is 0 Å². The van der Waals surface area contributed by atoms with Crippen LogP contribution in [0, 0.1) is 12.8 Å². The highest BCUT2D eigenvalue weighted by molar-refractivity contribution is 5.79. The molecule has 0 N–H and O–H groups in total. The Balaban J connectivity index is 1.80. The molecule has 1 aromatic carbocycles. The molecule has 1 atom stereocenters. The molecular formula is C17H22N2. The van der Waals surface area contributed by atoms with Crippen molar-refractivity contribution in [3.05, 3.63) is 41.6 Å². The van der Waals surface area contributed by atoms with E-state index in [0.29, 0.717) is 6.04 Å². The Labute approximate surface area is 115 Å². The Bertz CT molecular complexity index is 587. The van der Waals surface area contributed by atoms with Crippen molar-refractivity contribution in [3.63, 3.8) is 0 Å². The van der Waals surface area contributed by atoms with Crippen molar-refractivity contribution in [3.8, 4) is 0 Å².